The van der Waals surface area contributed by atoms with Crippen molar-refractivity contribution >= 4 is 5.96 Å². The van der Waals surface area contributed by atoms with Crippen LogP contribution in [0.5, 0.6) is 0 Å². The van der Waals surface area contributed by atoms with E-state index in [0.29, 0.717) is 19.0 Å². The summed E-state index contributed by atoms with van der Waals surface area (Å²) < 4.78 is 5.45. The molecule has 136 valence electrons. The van der Waals surface area contributed by atoms with Crippen molar-refractivity contribution in [2.45, 2.75) is 59.5 Å². The lowest BCUT2D eigenvalue weighted by Gasteiger charge is -2.10. The van der Waals surface area contributed by atoms with Crippen molar-refractivity contribution in [3.63, 3.8) is 0 Å². The first-order valence-electron chi connectivity index (χ1n) is 9.06. The predicted octanol–water partition coefficient (Wildman–Crippen LogP) is 3.54. The largest absolute Gasteiger partial charge is 0.359 e. The molecular formula is C19H29N5O. The molecule has 0 aliphatic carbocycles. The molecule has 0 fully saturated rings. The van der Waals surface area contributed by atoms with E-state index in [9.17, 15) is 0 Å². The average molecular weight is 343 g/mol. The lowest BCUT2D eigenvalue weighted by Crippen LogP contribution is -2.36. The maximum atomic E-state index is 5.45. The fourth-order valence-corrected chi connectivity index (χ4v) is 2.66. The highest BCUT2D eigenvalue weighted by molar-refractivity contribution is 5.79. The Bertz CT molecular complexity index is 676. The van der Waals surface area contributed by atoms with Crippen LogP contribution in [0.2, 0.25) is 0 Å². The van der Waals surface area contributed by atoms with E-state index in [1.807, 2.05) is 32.0 Å². The number of pyridine rings is 1. The first-order chi connectivity index (χ1) is 12.2. The van der Waals surface area contributed by atoms with Crippen LogP contribution in [0.15, 0.2) is 33.9 Å². The number of aromatic nitrogens is 2. The Kier molecular flexibility index (Phi) is 7.44. The first kappa shape index (κ1) is 19.0. The second-order valence-electron chi connectivity index (χ2n) is 6.05. The highest BCUT2D eigenvalue weighted by Gasteiger charge is 2.13. The molecule has 2 N–H and O–H groups in total. The Balaban J connectivity index is 1.97. The van der Waals surface area contributed by atoms with Gasteiger partial charge in [0.15, 0.2) is 11.7 Å². The molecule has 25 heavy (non-hydrogen) atoms. The Labute approximate surface area is 150 Å². The monoisotopic (exact) mass is 343 g/mol. The molecule has 0 radical (unpaired) electrons. The van der Waals surface area contributed by atoms with Crippen molar-refractivity contribution < 1.29 is 4.52 Å². The summed E-state index contributed by atoms with van der Waals surface area (Å²) in [6.07, 6.45) is 3.94. The van der Waals surface area contributed by atoms with Crippen LogP contribution in [0.1, 0.15) is 62.2 Å². The van der Waals surface area contributed by atoms with Gasteiger partial charge in [-0.25, -0.2) is 4.99 Å². The summed E-state index contributed by atoms with van der Waals surface area (Å²) in [4.78, 5) is 8.98. The second kappa shape index (κ2) is 9.81. The zero-order chi connectivity index (χ0) is 18.1. The summed E-state index contributed by atoms with van der Waals surface area (Å²) in [5.74, 6) is 2.03. The third-order valence-corrected chi connectivity index (χ3v) is 4.26. The third-order valence-electron chi connectivity index (χ3n) is 4.26. The predicted molar refractivity (Wildman–Crippen MR) is 100 cm³/mol. The molecule has 0 aliphatic rings. The smallest absolute Gasteiger partial charge is 0.192 e. The van der Waals surface area contributed by atoms with Crippen molar-refractivity contribution in [1.82, 2.24) is 20.8 Å². The van der Waals surface area contributed by atoms with Crippen LogP contribution in [0.3, 0.4) is 0 Å². The Morgan fingerprint density at radius 2 is 2.04 bits per heavy atom. The van der Waals surface area contributed by atoms with Gasteiger partial charge < -0.3 is 15.2 Å². The van der Waals surface area contributed by atoms with Gasteiger partial charge in [-0.05, 0) is 38.3 Å². The van der Waals surface area contributed by atoms with Crippen LogP contribution in [-0.4, -0.2) is 22.6 Å². The number of nitrogens with one attached hydrogen (secondary N) is 2. The van der Waals surface area contributed by atoms with Crippen molar-refractivity contribution in [2.24, 2.45) is 4.99 Å². The number of rotatable bonds is 8. The zero-order valence-electron chi connectivity index (χ0n) is 15.7. The number of aryl methyl sites for hydroxylation is 1. The van der Waals surface area contributed by atoms with E-state index in [4.69, 9.17) is 4.52 Å². The lowest BCUT2D eigenvalue weighted by atomic mass is 9.99. The number of aliphatic imine (C=N–C) groups is 1. The molecule has 6 heteroatoms. The molecule has 0 unspecified atom stereocenters. The summed E-state index contributed by atoms with van der Waals surface area (Å²) in [5, 5.41) is 10.7. The molecule has 2 aromatic rings. The fourth-order valence-electron chi connectivity index (χ4n) is 2.66. The molecule has 2 rings (SSSR count). The number of guanidine groups is 1. The van der Waals surface area contributed by atoms with Gasteiger partial charge in [0, 0.05) is 24.7 Å². The van der Waals surface area contributed by atoms with E-state index in [1.165, 1.54) is 0 Å². The minimum atomic E-state index is 0.464. The molecule has 0 aliphatic heterocycles. The topological polar surface area (TPSA) is 75.3 Å². The Morgan fingerprint density at radius 3 is 2.72 bits per heavy atom. The number of hydrogen-bond acceptors (Lipinski definition) is 4. The molecule has 0 amide bonds. The SMILES string of the molecule is CCNC(=NCc1ncccc1C)NCc1cc(C(CC)CC)no1. The minimum Gasteiger partial charge on any atom is -0.359 e. The van der Waals surface area contributed by atoms with E-state index in [-0.39, 0.29) is 0 Å². The maximum absolute atomic E-state index is 5.45. The summed E-state index contributed by atoms with van der Waals surface area (Å²) in [7, 11) is 0. The van der Waals surface area contributed by atoms with Crippen molar-refractivity contribution in [2.75, 3.05) is 6.54 Å². The molecule has 0 aromatic carbocycles. The van der Waals surface area contributed by atoms with E-state index < -0.39 is 0 Å². The highest BCUT2D eigenvalue weighted by Crippen LogP contribution is 2.22. The minimum absolute atomic E-state index is 0.464. The number of nitrogens with zero attached hydrogens (tertiary/aromatic N) is 3. The number of hydrogen-bond donors (Lipinski definition) is 2. The molecule has 2 aromatic heterocycles. The van der Waals surface area contributed by atoms with Gasteiger partial charge in [-0.1, -0.05) is 25.1 Å². The van der Waals surface area contributed by atoms with Crippen LogP contribution < -0.4 is 10.6 Å². The van der Waals surface area contributed by atoms with Crippen molar-refractivity contribution in [3.8, 4) is 0 Å². The van der Waals surface area contributed by atoms with Crippen LogP contribution in [0.4, 0.5) is 0 Å². The molecule has 0 saturated heterocycles. The summed E-state index contributed by atoms with van der Waals surface area (Å²) in [6, 6.07) is 6.02. The summed E-state index contributed by atoms with van der Waals surface area (Å²) >= 11 is 0. The van der Waals surface area contributed by atoms with E-state index >= 15 is 0 Å². The second-order valence-corrected chi connectivity index (χ2v) is 6.05. The Hall–Kier alpha value is -2.37. The first-order valence-corrected chi connectivity index (χ1v) is 9.06. The summed E-state index contributed by atoms with van der Waals surface area (Å²) in [6.45, 7) is 10.3. The van der Waals surface area contributed by atoms with Crippen LogP contribution in [0, 0.1) is 6.92 Å². The molecular weight excluding hydrogens is 314 g/mol. The van der Waals surface area contributed by atoms with Crippen molar-refractivity contribution in [3.05, 3.63) is 47.1 Å². The quantitative estimate of drug-likeness (QED) is 0.566. The standard InChI is InChI=1S/C19H29N5O/c1-5-15(6-2)17-11-16(25-24-17)12-22-19(20-7-3)23-13-18-14(4)9-8-10-21-18/h8-11,15H,5-7,12-13H2,1-4H3,(H2,20,22,23). The third kappa shape index (κ3) is 5.59. The molecule has 0 atom stereocenters. The van der Waals surface area contributed by atoms with Gasteiger partial charge in [-0.15, -0.1) is 0 Å². The molecule has 6 nitrogen and oxygen atoms in total. The van der Waals surface area contributed by atoms with Gasteiger partial charge in [0.2, 0.25) is 0 Å². The van der Waals surface area contributed by atoms with Gasteiger partial charge >= 0.3 is 0 Å². The normalized spacial score (nSPS) is 11.8. The van der Waals surface area contributed by atoms with E-state index in [2.05, 4.69) is 39.6 Å². The van der Waals surface area contributed by atoms with E-state index in [0.717, 1.165) is 48.1 Å². The molecule has 2 heterocycles. The van der Waals surface area contributed by atoms with Gasteiger partial charge in [0.25, 0.3) is 0 Å². The fraction of sp³-hybridized carbons (Fsp3) is 0.526. The molecule has 0 bridgehead atoms. The van der Waals surface area contributed by atoms with Crippen LogP contribution >= 0.6 is 0 Å². The molecule has 0 spiro atoms. The lowest BCUT2D eigenvalue weighted by molar-refractivity contribution is 0.368. The van der Waals surface area contributed by atoms with Crippen LogP contribution in [0.25, 0.3) is 0 Å². The summed E-state index contributed by atoms with van der Waals surface area (Å²) in [5.41, 5.74) is 3.16. The van der Waals surface area contributed by atoms with Crippen molar-refractivity contribution in [1.29, 1.82) is 0 Å². The van der Waals surface area contributed by atoms with Gasteiger partial charge in [0.05, 0.1) is 24.5 Å². The van der Waals surface area contributed by atoms with Crippen LogP contribution in [-0.2, 0) is 13.1 Å². The molecule has 0 saturated carbocycles. The van der Waals surface area contributed by atoms with Gasteiger partial charge in [-0.3, -0.25) is 4.98 Å². The Morgan fingerprint density at radius 1 is 1.24 bits per heavy atom. The highest BCUT2D eigenvalue weighted by atomic mass is 16.5. The average Bonchev–Trinajstić information content (AvgIpc) is 3.08. The zero-order valence-corrected chi connectivity index (χ0v) is 15.7. The maximum Gasteiger partial charge on any atom is 0.192 e. The van der Waals surface area contributed by atoms with Gasteiger partial charge in [-0.2, -0.15) is 0 Å². The van der Waals surface area contributed by atoms with E-state index in [1.54, 1.807) is 6.20 Å². The van der Waals surface area contributed by atoms with Gasteiger partial charge in [0.1, 0.15) is 0 Å².